The summed E-state index contributed by atoms with van der Waals surface area (Å²) >= 11 is 3.28. The molecule has 0 aliphatic heterocycles. The summed E-state index contributed by atoms with van der Waals surface area (Å²) in [5.74, 6) is 0.155. The molecule has 0 aromatic heterocycles. The molecule has 0 aliphatic carbocycles. The quantitative estimate of drug-likeness (QED) is 0.896. The van der Waals surface area contributed by atoms with Gasteiger partial charge in [-0.3, -0.25) is 0 Å². The number of benzene rings is 2. The Morgan fingerprint density at radius 1 is 1.10 bits per heavy atom. The van der Waals surface area contributed by atoms with Crippen LogP contribution in [0, 0.1) is 0 Å². The molecule has 1 atom stereocenters. The maximum Gasteiger partial charge on any atom is 0.244 e. The first-order valence-corrected chi connectivity index (χ1v) is 8.59. The Balaban J connectivity index is 2.36. The van der Waals surface area contributed by atoms with Crippen molar-refractivity contribution >= 4 is 26.0 Å². The Morgan fingerprint density at radius 2 is 1.67 bits per heavy atom. The third kappa shape index (κ3) is 3.28. The highest BCUT2D eigenvalue weighted by atomic mass is 79.9. The topological polar surface area (TPSA) is 57.6 Å². The smallest absolute Gasteiger partial charge is 0.244 e. The highest BCUT2D eigenvalue weighted by Gasteiger charge is 2.27. The zero-order valence-corrected chi connectivity index (χ0v) is 14.1. The number of sulfonamides is 1. The molecule has 21 heavy (non-hydrogen) atoms. The molecule has 0 spiro atoms. The van der Waals surface area contributed by atoms with Crippen LogP contribution in [0.2, 0.25) is 0 Å². The van der Waals surface area contributed by atoms with Crippen molar-refractivity contribution in [2.75, 3.05) is 7.05 Å². The van der Waals surface area contributed by atoms with Gasteiger partial charge in [-0.1, -0.05) is 24.3 Å². The first-order chi connectivity index (χ1) is 9.84. The zero-order chi connectivity index (χ0) is 15.6. The first kappa shape index (κ1) is 16.0. The molecule has 6 heteroatoms. The fourth-order valence-electron chi connectivity index (χ4n) is 1.98. The minimum absolute atomic E-state index is 0.155. The van der Waals surface area contributed by atoms with Crippen molar-refractivity contribution in [2.24, 2.45) is 0 Å². The van der Waals surface area contributed by atoms with Crippen molar-refractivity contribution < 1.29 is 13.5 Å². The SMILES string of the molecule is CC(c1ccc(O)cc1)N(C)S(=O)(=O)c1ccccc1Br. The molecule has 1 unspecified atom stereocenters. The molecule has 0 saturated heterocycles. The van der Waals surface area contributed by atoms with Gasteiger partial charge in [0.15, 0.2) is 0 Å². The number of hydrogen-bond donors (Lipinski definition) is 1. The van der Waals surface area contributed by atoms with Crippen LogP contribution in [-0.2, 0) is 10.0 Å². The van der Waals surface area contributed by atoms with Crippen molar-refractivity contribution in [1.82, 2.24) is 4.31 Å². The van der Waals surface area contributed by atoms with Crippen LogP contribution in [0.1, 0.15) is 18.5 Å². The Labute approximate surface area is 133 Å². The van der Waals surface area contributed by atoms with Crippen LogP contribution >= 0.6 is 15.9 Å². The zero-order valence-electron chi connectivity index (χ0n) is 11.7. The van der Waals surface area contributed by atoms with Gasteiger partial charge >= 0.3 is 0 Å². The molecular weight excluding hydrogens is 354 g/mol. The molecule has 4 nitrogen and oxygen atoms in total. The summed E-state index contributed by atoms with van der Waals surface area (Å²) in [5, 5.41) is 9.31. The summed E-state index contributed by atoms with van der Waals surface area (Å²) in [6.45, 7) is 1.81. The second-order valence-corrected chi connectivity index (χ2v) is 7.54. The second-order valence-electron chi connectivity index (χ2n) is 4.72. The summed E-state index contributed by atoms with van der Waals surface area (Å²) in [7, 11) is -2.06. The minimum Gasteiger partial charge on any atom is -0.508 e. The lowest BCUT2D eigenvalue weighted by Crippen LogP contribution is -2.30. The maximum atomic E-state index is 12.7. The highest BCUT2D eigenvalue weighted by molar-refractivity contribution is 9.10. The van der Waals surface area contributed by atoms with Gasteiger partial charge in [-0.15, -0.1) is 0 Å². The molecule has 0 fully saturated rings. The Bertz CT molecular complexity index is 729. The van der Waals surface area contributed by atoms with E-state index in [0.717, 1.165) is 5.56 Å². The van der Waals surface area contributed by atoms with E-state index in [9.17, 15) is 13.5 Å². The molecule has 2 rings (SSSR count). The number of phenolic OH excluding ortho intramolecular Hbond substituents is 1. The van der Waals surface area contributed by atoms with Crippen LogP contribution in [0.5, 0.6) is 5.75 Å². The van der Waals surface area contributed by atoms with Gasteiger partial charge in [0, 0.05) is 17.6 Å². The fourth-order valence-corrected chi connectivity index (χ4v) is 4.29. The van der Waals surface area contributed by atoms with E-state index in [4.69, 9.17) is 0 Å². The minimum atomic E-state index is -3.60. The van der Waals surface area contributed by atoms with E-state index in [1.165, 1.54) is 4.31 Å². The fraction of sp³-hybridized carbons (Fsp3) is 0.200. The van der Waals surface area contributed by atoms with Gasteiger partial charge in [0.2, 0.25) is 10.0 Å². The van der Waals surface area contributed by atoms with Crippen molar-refractivity contribution in [3.63, 3.8) is 0 Å². The first-order valence-electron chi connectivity index (χ1n) is 6.35. The van der Waals surface area contributed by atoms with Crippen LogP contribution in [0.25, 0.3) is 0 Å². The van der Waals surface area contributed by atoms with Crippen LogP contribution in [0.3, 0.4) is 0 Å². The molecule has 112 valence electrons. The predicted molar refractivity (Wildman–Crippen MR) is 85.6 cm³/mol. The molecular formula is C15H16BrNO3S. The number of nitrogens with zero attached hydrogens (tertiary/aromatic N) is 1. The Hall–Kier alpha value is -1.37. The normalized spacial score (nSPS) is 13.3. The number of phenols is 1. The third-order valence-electron chi connectivity index (χ3n) is 3.41. The molecule has 0 saturated carbocycles. The van der Waals surface area contributed by atoms with Crippen molar-refractivity contribution in [2.45, 2.75) is 17.9 Å². The molecule has 0 aliphatic rings. The summed E-state index contributed by atoms with van der Waals surface area (Å²) in [4.78, 5) is 0.234. The summed E-state index contributed by atoms with van der Waals surface area (Å²) in [6.07, 6.45) is 0. The summed E-state index contributed by atoms with van der Waals surface area (Å²) in [5.41, 5.74) is 0.811. The average molecular weight is 370 g/mol. The van der Waals surface area contributed by atoms with Crippen LogP contribution < -0.4 is 0 Å². The molecule has 0 bridgehead atoms. The number of halogens is 1. The van der Waals surface area contributed by atoms with E-state index in [1.54, 1.807) is 62.5 Å². The van der Waals surface area contributed by atoms with E-state index < -0.39 is 10.0 Å². The Kier molecular flexibility index (Phi) is 4.70. The average Bonchev–Trinajstić information content (AvgIpc) is 2.46. The number of hydrogen-bond acceptors (Lipinski definition) is 3. The van der Waals surface area contributed by atoms with Crippen LogP contribution in [0.4, 0.5) is 0 Å². The lowest BCUT2D eigenvalue weighted by Gasteiger charge is -2.25. The lowest BCUT2D eigenvalue weighted by molar-refractivity contribution is 0.397. The van der Waals surface area contributed by atoms with E-state index in [2.05, 4.69) is 15.9 Å². The number of rotatable bonds is 4. The third-order valence-corrected chi connectivity index (χ3v) is 6.35. The molecule has 2 aromatic rings. The van der Waals surface area contributed by atoms with Gasteiger partial charge in [0.05, 0.1) is 4.90 Å². The lowest BCUT2D eigenvalue weighted by atomic mass is 10.1. The van der Waals surface area contributed by atoms with Gasteiger partial charge in [-0.2, -0.15) is 4.31 Å². The van der Waals surface area contributed by atoms with E-state index in [-0.39, 0.29) is 16.7 Å². The maximum absolute atomic E-state index is 12.7. The largest absolute Gasteiger partial charge is 0.508 e. The van der Waals surface area contributed by atoms with Gasteiger partial charge < -0.3 is 5.11 Å². The molecule has 0 amide bonds. The van der Waals surface area contributed by atoms with E-state index >= 15 is 0 Å². The van der Waals surface area contributed by atoms with Crippen molar-refractivity contribution in [3.05, 3.63) is 58.6 Å². The summed E-state index contributed by atoms with van der Waals surface area (Å²) in [6, 6.07) is 12.9. The Morgan fingerprint density at radius 3 is 2.24 bits per heavy atom. The number of aromatic hydroxyl groups is 1. The van der Waals surface area contributed by atoms with Crippen molar-refractivity contribution in [1.29, 1.82) is 0 Å². The van der Waals surface area contributed by atoms with Gasteiger partial charge in [0.1, 0.15) is 5.75 Å². The second kappa shape index (κ2) is 6.17. The van der Waals surface area contributed by atoms with Gasteiger partial charge in [-0.05, 0) is 52.7 Å². The highest BCUT2D eigenvalue weighted by Crippen LogP contribution is 2.30. The van der Waals surface area contributed by atoms with Crippen LogP contribution in [-0.4, -0.2) is 24.9 Å². The summed E-state index contributed by atoms with van der Waals surface area (Å²) < 4.78 is 27.2. The van der Waals surface area contributed by atoms with E-state index in [0.29, 0.717) is 4.47 Å². The van der Waals surface area contributed by atoms with Crippen LogP contribution in [0.15, 0.2) is 57.9 Å². The van der Waals surface area contributed by atoms with E-state index in [1.807, 2.05) is 0 Å². The molecule has 2 aromatic carbocycles. The standard InChI is InChI=1S/C15H16BrNO3S/c1-11(12-7-9-13(18)10-8-12)17(2)21(19,20)15-6-4-3-5-14(15)16/h3-11,18H,1-2H3. The predicted octanol–water partition coefficient (Wildman–Crippen LogP) is 3.54. The van der Waals surface area contributed by atoms with Crippen molar-refractivity contribution in [3.8, 4) is 5.75 Å². The van der Waals surface area contributed by atoms with Gasteiger partial charge in [-0.25, -0.2) is 8.42 Å². The molecule has 0 radical (unpaired) electrons. The van der Waals surface area contributed by atoms with Gasteiger partial charge in [0.25, 0.3) is 0 Å². The molecule has 1 N–H and O–H groups in total. The molecule has 0 heterocycles. The monoisotopic (exact) mass is 369 g/mol.